The van der Waals surface area contributed by atoms with Crippen LogP contribution < -0.4 is 0 Å². The molecule has 1 amide bonds. The zero-order valence-corrected chi connectivity index (χ0v) is 8.71. The molecule has 0 aromatic heterocycles. The van der Waals surface area contributed by atoms with E-state index in [0.717, 1.165) is 16.0 Å². The number of hydrogen-bond donors (Lipinski definition) is 0. The molecule has 0 N–H and O–H groups in total. The molecule has 0 bridgehead atoms. The number of aryl methyl sites for hydroxylation is 1. The third-order valence-electron chi connectivity index (χ3n) is 2.07. The summed E-state index contributed by atoms with van der Waals surface area (Å²) in [7, 11) is 1.37. The standard InChI is InChI=1S/C11H13F2NO/c1-8-4-3-5-9(6-8)7-14(2)11(15)10(12)13/h3-6,10H,7H2,1-2H3. The van der Waals surface area contributed by atoms with Crippen LogP contribution in [-0.4, -0.2) is 24.3 Å². The van der Waals surface area contributed by atoms with E-state index in [-0.39, 0.29) is 6.54 Å². The second kappa shape index (κ2) is 4.87. The van der Waals surface area contributed by atoms with Crippen LogP contribution in [0.3, 0.4) is 0 Å². The molecule has 0 fully saturated rings. The van der Waals surface area contributed by atoms with Crippen molar-refractivity contribution in [2.75, 3.05) is 7.05 Å². The van der Waals surface area contributed by atoms with Crippen molar-refractivity contribution in [3.63, 3.8) is 0 Å². The lowest BCUT2D eigenvalue weighted by molar-refractivity contribution is -0.141. The molecule has 82 valence electrons. The Bertz CT molecular complexity index is 352. The number of hydrogen-bond acceptors (Lipinski definition) is 1. The summed E-state index contributed by atoms with van der Waals surface area (Å²) in [5, 5.41) is 0. The van der Waals surface area contributed by atoms with Gasteiger partial charge in [-0.15, -0.1) is 0 Å². The summed E-state index contributed by atoms with van der Waals surface area (Å²) < 4.78 is 24.1. The lowest BCUT2D eigenvalue weighted by Gasteiger charge is -2.16. The van der Waals surface area contributed by atoms with Gasteiger partial charge < -0.3 is 4.90 Å². The molecule has 2 nitrogen and oxygen atoms in total. The smallest absolute Gasteiger partial charge is 0.315 e. The van der Waals surface area contributed by atoms with E-state index in [1.54, 1.807) is 0 Å². The zero-order valence-electron chi connectivity index (χ0n) is 8.71. The Morgan fingerprint density at radius 3 is 2.67 bits per heavy atom. The first-order valence-corrected chi connectivity index (χ1v) is 4.59. The topological polar surface area (TPSA) is 20.3 Å². The quantitative estimate of drug-likeness (QED) is 0.753. The highest BCUT2D eigenvalue weighted by Crippen LogP contribution is 2.08. The van der Waals surface area contributed by atoms with Gasteiger partial charge in [0.15, 0.2) is 0 Å². The van der Waals surface area contributed by atoms with Crippen molar-refractivity contribution in [2.24, 2.45) is 0 Å². The number of amides is 1. The molecule has 0 aliphatic rings. The van der Waals surface area contributed by atoms with E-state index < -0.39 is 12.3 Å². The van der Waals surface area contributed by atoms with Crippen molar-refractivity contribution in [1.29, 1.82) is 0 Å². The molecule has 0 atom stereocenters. The van der Waals surface area contributed by atoms with Crippen LogP contribution >= 0.6 is 0 Å². The molecule has 4 heteroatoms. The van der Waals surface area contributed by atoms with Crippen LogP contribution in [0, 0.1) is 6.92 Å². The average molecular weight is 213 g/mol. The molecule has 0 radical (unpaired) electrons. The van der Waals surface area contributed by atoms with Gasteiger partial charge in [-0.1, -0.05) is 29.8 Å². The third kappa shape index (κ3) is 3.31. The molecule has 1 aromatic rings. The second-order valence-corrected chi connectivity index (χ2v) is 3.48. The summed E-state index contributed by atoms with van der Waals surface area (Å²) in [6, 6.07) is 7.43. The van der Waals surface area contributed by atoms with E-state index in [4.69, 9.17) is 0 Å². The zero-order chi connectivity index (χ0) is 11.4. The first kappa shape index (κ1) is 11.6. The number of carbonyl (C=O) groups excluding carboxylic acids is 1. The largest absolute Gasteiger partial charge is 0.336 e. The predicted molar refractivity (Wildman–Crippen MR) is 53.7 cm³/mol. The Morgan fingerprint density at radius 1 is 1.47 bits per heavy atom. The fourth-order valence-electron chi connectivity index (χ4n) is 1.33. The van der Waals surface area contributed by atoms with Crippen LogP contribution in [0.25, 0.3) is 0 Å². The van der Waals surface area contributed by atoms with Gasteiger partial charge in [0, 0.05) is 13.6 Å². The average Bonchev–Trinajstić information content (AvgIpc) is 2.16. The summed E-state index contributed by atoms with van der Waals surface area (Å²) in [6.45, 7) is 2.13. The third-order valence-corrected chi connectivity index (χ3v) is 2.07. The summed E-state index contributed by atoms with van der Waals surface area (Å²) in [5.74, 6) is -1.14. The number of benzene rings is 1. The highest BCUT2D eigenvalue weighted by Gasteiger charge is 2.19. The van der Waals surface area contributed by atoms with Crippen molar-refractivity contribution >= 4 is 5.91 Å². The van der Waals surface area contributed by atoms with Gasteiger partial charge in [-0.25, -0.2) is 0 Å². The molecule has 0 saturated carbocycles. The van der Waals surface area contributed by atoms with Crippen molar-refractivity contribution in [3.8, 4) is 0 Å². The van der Waals surface area contributed by atoms with E-state index in [0.29, 0.717) is 0 Å². The monoisotopic (exact) mass is 213 g/mol. The Balaban J connectivity index is 2.66. The molecular formula is C11H13F2NO. The first-order chi connectivity index (χ1) is 7.00. The Hall–Kier alpha value is -1.45. The Kier molecular flexibility index (Phi) is 3.77. The lowest BCUT2D eigenvalue weighted by Crippen LogP contribution is -2.31. The summed E-state index contributed by atoms with van der Waals surface area (Å²) in [5.41, 5.74) is 1.90. The van der Waals surface area contributed by atoms with Crippen LogP contribution in [0.2, 0.25) is 0 Å². The summed E-state index contributed by atoms with van der Waals surface area (Å²) >= 11 is 0. The molecule has 0 spiro atoms. The van der Waals surface area contributed by atoms with E-state index >= 15 is 0 Å². The molecule has 1 rings (SSSR count). The van der Waals surface area contributed by atoms with E-state index in [1.165, 1.54) is 7.05 Å². The molecule has 0 aliphatic carbocycles. The molecule has 15 heavy (non-hydrogen) atoms. The van der Waals surface area contributed by atoms with Gasteiger partial charge in [-0.05, 0) is 12.5 Å². The highest BCUT2D eigenvalue weighted by atomic mass is 19.3. The second-order valence-electron chi connectivity index (χ2n) is 3.48. The van der Waals surface area contributed by atoms with E-state index in [1.807, 2.05) is 31.2 Å². The van der Waals surface area contributed by atoms with E-state index in [9.17, 15) is 13.6 Å². The minimum atomic E-state index is -2.93. The fourth-order valence-corrected chi connectivity index (χ4v) is 1.33. The maximum Gasteiger partial charge on any atom is 0.315 e. The van der Waals surface area contributed by atoms with Gasteiger partial charge in [-0.2, -0.15) is 8.78 Å². The molecule has 0 heterocycles. The van der Waals surface area contributed by atoms with Crippen molar-refractivity contribution < 1.29 is 13.6 Å². The number of rotatable bonds is 3. The lowest BCUT2D eigenvalue weighted by atomic mass is 10.1. The van der Waals surface area contributed by atoms with Gasteiger partial charge in [0.25, 0.3) is 5.91 Å². The summed E-state index contributed by atoms with van der Waals surface area (Å²) in [6.07, 6.45) is -2.93. The maximum absolute atomic E-state index is 12.1. The number of nitrogens with zero attached hydrogens (tertiary/aromatic N) is 1. The molecule has 1 aromatic carbocycles. The Labute approximate surface area is 87.5 Å². The normalized spacial score (nSPS) is 10.5. The van der Waals surface area contributed by atoms with Gasteiger partial charge in [0.2, 0.25) is 0 Å². The summed E-state index contributed by atoms with van der Waals surface area (Å²) in [4.78, 5) is 11.9. The first-order valence-electron chi connectivity index (χ1n) is 4.59. The van der Waals surface area contributed by atoms with Crippen LogP contribution in [0.1, 0.15) is 11.1 Å². The highest BCUT2D eigenvalue weighted by molar-refractivity contribution is 5.78. The Morgan fingerprint density at radius 2 is 2.13 bits per heavy atom. The van der Waals surface area contributed by atoms with Crippen molar-refractivity contribution in [1.82, 2.24) is 4.90 Å². The predicted octanol–water partition coefficient (Wildman–Crippen LogP) is 2.22. The number of carbonyl (C=O) groups is 1. The molecular weight excluding hydrogens is 200 g/mol. The van der Waals surface area contributed by atoms with Crippen molar-refractivity contribution in [2.45, 2.75) is 19.9 Å². The molecule has 0 saturated heterocycles. The van der Waals surface area contributed by atoms with Gasteiger partial charge in [-0.3, -0.25) is 4.79 Å². The van der Waals surface area contributed by atoms with Gasteiger partial charge >= 0.3 is 6.43 Å². The molecule has 0 aliphatic heterocycles. The number of halogens is 2. The SMILES string of the molecule is Cc1cccc(CN(C)C(=O)C(F)F)c1. The van der Waals surface area contributed by atoms with Crippen LogP contribution in [0.5, 0.6) is 0 Å². The van der Waals surface area contributed by atoms with Crippen LogP contribution in [0.4, 0.5) is 8.78 Å². The van der Waals surface area contributed by atoms with E-state index in [2.05, 4.69) is 0 Å². The van der Waals surface area contributed by atoms with Gasteiger partial charge in [0.1, 0.15) is 0 Å². The minimum Gasteiger partial charge on any atom is -0.336 e. The van der Waals surface area contributed by atoms with Crippen molar-refractivity contribution in [3.05, 3.63) is 35.4 Å². The van der Waals surface area contributed by atoms with Crippen LogP contribution in [0.15, 0.2) is 24.3 Å². The van der Waals surface area contributed by atoms with Gasteiger partial charge in [0.05, 0.1) is 0 Å². The molecule has 0 unspecified atom stereocenters. The number of alkyl halides is 2. The maximum atomic E-state index is 12.1. The minimum absolute atomic E-state index is 0.213. The fraction of sp³-hybridized carbons (Fsp3) is 0.364. The van der Waals surface area contributed by atoms with Crippen LogP contribution in [-0.2, 0) is 11.3 Å².